The second kappa shape index (κ2) is 15.7. The number of carbonyl (C=O) groups excluding carboxylic acids is 3. The summed E-state index contributed by atoms with van der Waals surface area (Å²) in [7, 11) is 0. The Hall–Kier alpha value is -5.50. The summed E-state index contributed by atoms with van der Waals surface area (Å²) in [6.45, 7) is 4.49. The van der Waals surface area contributed by atoms with Crippen LogP contribution in [0.2, 0.25) is 0 Å². The Bertz CT molecular complexity index is 2090. The van der Waals surface area contributed by atoms with Gasteiger partial charge in [-0.05, 0) is 83.3 Å². The minimum Gasteiger partial charge on any atom is -0.477 e. The molecule has 4 heterocycles. The van der Waals surface area contributed by atoms with Crippen molar-refractivity contribution in [1.29, 1.82) is 0 Å². The quantitative estimate of drug-likeness (QED) is 0.130. The average Bonchev–Trinajstić information content (AvgIpc) is 3.66. The fourth-order valence-electron chi connectivity index (χ4n) is 4.45. The number of nitrogen functional groups attached to an aromatic ring is 2. The number of hydrogen-bond donors (Lipinski definition) is 5. The Morgan fingerprint density at radius 3 is 1.72 bits per heavy atom. The first kappa shape index (κ1) is 34.4. The van der Waals surface area contributed by atoms with E-state index in [4.69, 9.17) is 22.3 Å². The average molecular weight is 669 g/mol. The van der Waals surface area contributed by atoms with Crippen molar-refractivity contribution in [2.45, 2.75) is 26.9 Å². The van der Waals surface area contributed by atoms with Crippen molar-refractivity contribution in [2.75, 3.05) is 11.5 Å². The number of anilines is 2. The van der Waals surface area contributed by atoms with Gasteiger partial charge in [0.15, 0.2) is 12.6 Å². The lowest BCUT2D eigenvalue weighted by Gasteiger charge is -2.06. The SMILES string of the molecule is Cc1cc(C(=O)NCc2ccc3c(N)nccc3c2)sc1C=O.Cc1cc(C(=O)O)sc1C=O.NCc1ccc2c(N)nccc2c1. The van der Waals surface area contributed by atoms with Crippen LogP contribution in [0, 0.1) is 13.8 Å². The van der Waals surface area contributed by atoms with Crippen molar-refractivity contribution < 1.29 is 24.3 Å². The van der Waals surface area contributed by atoms with E-state index in [1.807, 2.05) is 55.5 Å². The number of carbonyl (C=O) groups is 4. The Kier molecular flexibility index (Phi) is 11.5. The number of aldehydes is 2. The smallest absolute Gasteiger partial charge is 0.345 e. The number of carboxylic acids is 1. The molecular formula is C34H32N6O5S2. The first-order valence-electron chi connectivity index (χ1n) is 14.1. The van der Waals surface area contributed by atoms with Crippen molar-refractivity contribution in [3.63, 3.8) is 0 Å². The zero-order valence-corrected chi connectivity index (χ0v) is 27.2. The standard InChI is InChI=1S/C17H15N3O2S.C10H11N3.C7H6O3S/c1-10-6-14(23-15(10)9-21)17(22)20-8-11-2-3-13-12(7-11)4-5-19-16(13)18;11-6-7-1-2-9-8(5-7)3-4-13-10(9)12;1-4-2-5(7(9)10)11-6(4)3-8/h2-7,9H,8H2,1H3,(H2,18,19)(H,20,22);1-5H,6,11H2,(H2,12,13);2-3H,1H3,(H,9,10). The number of fused-ring (bicyclic) bond motifs is 2. The number of benzene rings is 2. The summed E-state index contributed by atoms with van der Waals surface area (Å²) in [6.07, 6.45) is 4.82. The summed E-state index contributed by atoms with van der Waals surface area (Å²) in [6, 6.07) is 18.8. The minimum absolute atomic E-state index is 0.180. The molecule has 0 atom stereocenters. The molecule has 1 amide bonds. The fourth-order valence-corrected chi connectivity index (χ4v) is 6.19. The molecule has 0 fully saturated rings. The van der Waals surface area contributed by atoms with E-state index in [0.717, 1.165) is 61.4 Å². The number of pyridine rings is 2. The molecule has 2 aromatic carbocycles. The molecule has 0 saturated carbocycles. The minimum atomic E-state index is -0.980. The molecule has 13 heteroatoms. The van der Waals surface area contributed by atoms with Gasteiger partial charge in [-0.15, -0.1) is 22.7 Å². The van der Waals surface area contributed by atoms with Crippen LogP contribution < -0.4 is 22.5 Å². The molecule has 0 spiro atoms. The van der Waals surface area contributed by atoms with Gasteiger partial charge in [-0.25, -0.2) is 14.8 Å². The number of nitrogens with one attached hydrogen (secondary N) is 1. The molecule has 240 valence electrons. The third-order valence-corrected chi connectivity index (χ3v) is 9.28. The highest BCUT2D eigenvalue weighted by Gasteiger charge is 2.12. The second-order valence-corrected chi connectivity index (χ2v) is 12.4. The van der Waals surface area contributed by atoms with E-state index in [0.29, 0.717) is 45.6 Å². The summed E-state index contributed by atoms with van der Waals surface area (Å²) in [5.41, 5.74) is 20.7. The monoisotopic (exact) mass is 668 g/mol. The van der Waals surface area contributed by atoms with Crippen LogP contribution in [0.4, 0.5) is 11.6 Å². The summed E-state index contributed by atoms with van der Waals surface area (Å²) in [5.74, 6) is -0.0960. The number of rotatable bonds is 7. The zero-order chi connectivity index (χ0) is 34.1. The third kappa shape index (κ3) is 8.61. The van der Waals surface area contributed by atoms with Crippen LogP contribution in [-0.2, 0) is 13.1 Å². The van der Waals surface area contributed by atoms with Crippen molar-refractivity contribution in [2.24, 2.45) is 5.73 Å². The largest absolute Gasteiger partial charge is 0.477 e. The zero-order valence-electron chi connectivity index (χ0n) is 25.5. The van der Waals surface area contributed by atoms with Gasteiger partial charge in [0.25, 0.3) is 5.91 Å². The number of nitrogens with two attached hydrogens (primary N) is 3. The number of aromatic nitrogens is 2. The summed E-state index contributed by atoms with van der Waals surface area (Å²) >= 11 is 2.20. The van der Waals surface area contributed by atoms with Crippen LogP contribution in [-0.4, -0.2) is 39.5 Å². The summed E-state index contributed by atoms with van der Waals surface area (Å²) in [4.78, 5) is 53.6. The molecule has 11 nitrogen and oxygen atoms in total. The molecule has 47 heavy (non-hydrogen) atoms. The number of carboxylic acid groups (broad SMARTS) is 1. The van der Waals surface area contributed by atoms with E-state index in [1.165, 1.54) is 17.4 Å². The highest BCUT2D eigenvalue weighted by Crippen LogP contribution is 2.23. The molecule has 6 aromatic rings. The lowest BCUT2D eigenvalue weighted by molar-refractivity contribution is 0.0701. The van der Waals surface area contributed by atoms with Gasteiger partial charge in [-0.2, -0.15) is 0 Å². The molecule has 6 rings (SSSR count). The predicted molar refractivity (Wildman–Crippen MR) is 187 cm³/mol. The molecule has 4 aromatic heterocycles. The van der Waals surface area contributed by atoms with E-state index >= 15 is 0 Å². The molecule has 0 bridgehead atoms. The van der Waals surface area contributed by atoms with Gasteiger partial charge >= 0.3 is 5.97 Å². The van der Waals surface area contributed by atoms with Crippen LogP contribution in [0.15, 0.2) is 73.1 Å². The third-order valence-electron chi connectivity index (χ3n) is 6.97. The van der Waals surface area contributed by atoms with Crippen molar-refractivity contribution in [1.82, 2.24) is 15.3 Å². The lowest BCUT2D eigenvalue weighted by Crippen LogP contribution is -2.21. The number of thiophene rings is 2. The van der Waals surface area contributed by atoms with Gasteiger partial charge in [-0.3, -0.25) is 14.4 Å². The van der Waals surface area contributed by atoms with Crippen LogP contribution >= 0.6 is 22.7 Å². The Morgan fingerprint density at radius 2 is 1.26 bits per heavy atom. The van der Waals surface area contributed by atoms with Crippen LogP contribution in [0.3, 0.4) is 0 Å². The van der Waals surface area contributed by atoms with E-state index in [-0.39, 0.29) is 10.8 Å². The maximum atomic E-state index is 12.2. The first-order chi connectivity index (χ1) is 22.5. The maximum Gasteiger partial charge on any atom is 0.345 e. The first-order valence-corrected chi connectivity index (χ1v) is 15.8. The van der Waals surface area contributed by atoms with Gasteiger partial charge in [0.05, 0.1) is 14.6 Å². The Balaban J connectivity index is 0.000000176. The molecular weight excluding hydrogens is 637 g/mol. The normalized spacial score (nSPS) is 10.4. The van der Waals surface area contributed by atoms with Crippen molar-refractivity contribution in [3.8, 4) is 0 Å². The van der Waals surface area contributed by atoms with Crippen molar-refractivity contribution >= 4 is 80.3 Å². The molecule has 0 aliphatic rings. The van der Waals surface area contributed by atoms with Gasteiger partial charge in [-0.1, -0.05) is 24.3 Å². The molecule has 0 aliphatic heterocycles. The van der Waals surface area contributed by atoms with Crippen LogP contribution in [0.5, 0.6) is 0 Å². The Labute approximate surface area is 278 Å². The van der Waals surface area contributed by atoms with Crippen LogP contribution in [0.25, 0.3) is 21.5 Å². The highest BCUT2D eigenvalue weighted by molar-refractivity contribution is 7.16. The maximum absolute atomic E-state index is 12.2. The summed E-state index contributed by atoms with van der Waals surface area (Å²) in [5, 5.41) is 15.3. The van der Waals surface area contributed by atoms with E-state index in [9.17, 15) is 19.2 Å². The molecule has 8 N–H and O–H groups in total. The van der Waals surface area contributed by atoms with Gasteiger partial charge in [0.1, 0.15) is 16.5 Å². The van der Waals surface area contributed by atoms with Gasteiger partial charge < -0.3 is 27.6 Å². The van der Waals surface area contributed by atoms with E-state index < -0.39 is 5.97 Å². The Morgan fingerprint density at radius 1 is 0.766 bits per heavy atom. The second-order valence-electron chi connectivity index (χ2n) is 10.2. The number of hydrogen-bond acceptors (Lipinski definition) is 11. The molecule has 0 radical (unpaired) electrons. The van der Waals surface area contributed by atoms with E-state index in [1.54, 1.807) is 25.4 Å². The molecule has 0 unspecified atom stereocenters. The van der Waals surface area contributed by atoms with Gasteiger partial charge in [0.2, 0.25) is 0 Å². The number of nitrogens with zero attached hydrogens (tertiary/aromatic N) is 2. The number of aryl methyl sites for hydroxylation is 2. The molecule has 0 saturated heterocycles. The lowest BCUT2D eigenvalue weighted by atomic mass is 10.1. The summed E-state index contributed by atoms with van der Waals surface area (Å²) < 4.78 is 0. The fraction of sp³-hybridized carbons (Fsp3) is 0.118. The highest BCUT2D eigenvalue weighted by atomic mass is 32.1. The predicted octanol–water partition coefficient (Wildman–Crippen LogP) is 5.77. The topological polar surface area (TPSA) is 204 Å². The van der Waals surface area contributed by atoms with Crippen LogP contribution in [0.1, 0.15) is 60.9 Å². The molecule has 0 aliphatic carbocycles. The number of aromatic carboxylic acids is 1. The van der Waals surface area contributed by atoms with Gasteiger partial charge in [0, 0.05) is 36.3 Å². The van der Waals surface area contributed by atoms with E-state index in [2.05, 4.69) is 15.3 Å². The van der Waals surface area contributed by atoms with Crippen molar-refractivity contribution in [3.05, 3.63) is 115 Å². The number of amides is 1.